The van der Waals surface area contributed by atoms with E-state index in [0.717, 1.165) is 0 Å². The van der Waals surface area contributed by atoms with Gasteiger partial charge in [-0.15, -0.1) is 0 Å². The van der Waals surface area contributed by atoms with Gasteiger partial charge in [-0.3, -0.25) is 19.2 Å². The molecule has 0 aliphatic heterocycles. The molecule has 0 unspecified atom stereocenters. The maximum absolute atomic E-state index is 9.99. The molecule has 20 heavy (non-hydrogen) atoms. The normalized spacial score (nSPS) is 12.5. The lowest BCUT2D eigenvalue weighted by molar-refractivity contribution is -0.141. The summed E-state index contributed by atoms with van der Waals surface area (Å²) in [4.78, 5) is 39.7. The fourth-order valence-electron chi connectivity index (χ4n) is 0.805. The molecule has 0 aliphatic carbocycles. The molecule has 0 fully saturated rings. The molecule has 0 saturated heterocycles. The molecule has 0 radical (unpaired) electrons. The quantitative estimate of drug-likeness (QED) is 0.306. The van der Waals surface area contributed by atoms with E-state index in [4.69, 9.17) is 31.9 Å². The molecule has 0 aliphatic rings. The van der Waals surface area contributed by atoms with Crippen LogP contribution in [0.25, 0.3) is 0 Å². The van der Waals surface area contributed by atoms with Gasteiger partial charge in [0.05, 0.1) is 0 Å². The first-order valence-corrected chi connectivity index (χ1v) is 5.48. The van der Waals surface area contributed by atoms with E-state index in [-0.39, 0.29) is 25.7 Å². The molecule has 0 spiro atoms. The van der Waals surface area contributed by atoms with Crippen molar-refractivity contribution < 1.29 is 39.6 Å². The summed E-state index contributed by atoms with van der Waals surface area (Å²) < 4.78 is 0. The van der Waals surface area contributed by atoms with E-state index in [0.29, 0.717) is 0 Å². The fraction of sp³-hybridized carbons (Fsp3) is 0.600. The Morgan fingerprint density at radius 1 is 0.700 bits per heavy atom. The van der Waals surface area contributed by atoms with Crippen LogP contribution in [-0.4, -0.2) is 56.4 Å². The highest BCUT2D eigenvalue weighted by molar-refractivity contribution is 5.75. The summed E-state index contributed by atoms with van der Waals surface area (Å²) in [6.45, 7) is 0. The van der Waals surface area contributed by atoms with Gasteiger partial charge in [0.1, 0.15) is 12.1 Å². The van der Waals surface area contributed by atoms with Crippen molar-refractivity contribution in [1.29, 1.82) is 0 Å². The van der Waals surface area contributed by atoms with Crippen molar-refractivity contribution >= 4 is 23.9 Å². The van der Waals surface area contributed by atoms with E-state index in [1.54, 1.807) is 0 Å². The summed E-state index contributed by atoms with van der Waals surface area (Å²) in [6, 6.07) is -2.12. The number of nitrogens with two attached hydrogens (primary N) is 2. The van der Waals surface area contributed by atoms with Crippen LogP contribution in [0.15, 0.2) is 0 Å². The highest BCUT2D eigenvalue weighted by Crippen LogP contribution is 1.94. The Balaban J connectivity index is 0. The van der Waals surface area contributed by atoms with E-state index in [9.17, 15) is 19.2 Å². The standard InChI is InChI=1S/2C5H9NO4/c2*6-3(5(9)10)1-2-4(7)8/h2*3H,1-2,6H2,(H,7,8)(H,9,10)/t2*3-/m00/s1. The molecule has 2 atom stereocenters. The maximum Gasteiger partial charge on any atom is 0.320 e. The molecule has 0 aromatic heterocycles. The van der Waals surface area contributed by atoms with Gasteiger partial charge >= 0.3 is 23.9 Å². The highest BCUT2D eigenvalue weighted by atomic mass is 16.4. The van der Waals surface area contributed by atoms with Crippen LogP contribution in [0, 0.1) is 0 Å². The molecule has 0 amide bonds. The summed E-state index contributed by atoms with van der Waals surface area (Å²) in [7, 11) is 0. The summed E-state index contributed by atoms with van der Waals surface area (Å²) >= 11 is 0. The molecule has 10 heteroatoms. The van der Waals surface area contributed by atoms with Crippen molar-refractivity contribution in [2.75, 3.05) is 0 Å². The first kappa shape index (κ1) is 20.1. The van der Waals surface area contributed by atoms with Crippen molar-refractivity contribution in [2.24, 2.45) is 11.5 Å². The monoisotopic (exact) mass is 294 g/mol. The van der Waals surface area contributed by atoms with Crippen molar-refractivity contribution in [2.45, 2.75) is 37.8 Å². The lowest BCUT2D eigenvalue weighted by atomic mass is 10.2. The first-order chi connectivity index (χ1) is 9.07. The van der Waals surface area contributed by atoms with Gasteiger partial charge in [0, 0.05) is 12.8 Å². The second kappa shape index (κ2) is 10.7. The number of rotatable bonds is 8. The third-order valence-corrected chi connectivity index (χ3v) is 1.97. The Hall–Kier alpha value is -2.20. The number of carboxylic acids is 4. The Morgan fingerprint density at radius 2 is 0.950 bits per heavy atom. The van der Waals surface area contributed by atoms with Crippen LogP contribution in [0.4, 0.5) is 0 Å². The molecule has 0 heterocycles. The zero-order chi connectivity index (χ0) is 16.3. The topological polar surface area (TPSA) is 201 Å². The molecule has 8 N–H and O–H groups in total. The number of hydrogen-bond donors (Lipinski definition) is 6. The average Bonchev–Trinajstić information content (AvgIpc) is 2.33. The number of hydrogen-bond acceptors (Lipinski definition) is 6. The summed E-state index contributed by atoms with van der Waals surface area (Å²) in [6.07, 6.45) is -0.448. The van der Waals surface area contributed by atoms with Crippen LogP contribution in [-0.2, 0) is 19.2 Å². The third-order valence-electron chi connectivity index (χ3n) is 1.97. The summed E-state index contributed by atoms with van der Waals surface area (Å²) in [5.74, 6) is -4.39. The van der Waals surface area contributed by atoms with Crippen LogP contribution in [0.1, 0.15) is 25.7 Å². The minimum Gasteiger partial charge on any atom is -0.481 e. The maximum atomic E-state index is 9.99. The van der Waals surface area contributed by atoms with E-state index in [1.165, 1.54) is 0 Å². The van der Waals surface area contributed by atoms with Gasteiger partial charge in [-0.1, -0.05) is 0 Å². The van der Waals surface area contributed by atoms with Crippen molar-refractivity contribution in [1.82, 2.24) is 0 Å². The second-order valence-electron chi connectivity index (χ2n) is 3.75. The fourth-order valence-corrected chi connectivity index (χ4v) is 0.805. The highest BCUT2D eigenvalue weighted by Gasteiger charge is 2.12. The minimum atomic E-state index is -1.17. The Morgan fingerprint density at radius 3 is 1.10 bits per heavy atom. The molecular formula is C10H18N2O8. The van der Waals surface area contributed by atoms with Crippen molar-refractivity contribution in [3.8, 4) is 0 Å². The largest absolute Gasteiger partial charge is 0.481 e. The van der Waals surface area contributed by atoms with Gasteiger partial charge in [0.15, 0.2) is 0 Å². The lowest BCUT2D eigenvalue weighted by Gasteiger charge is -2.01. The van der Waals surface area contributed by atoms with Crippen LogP contribution in [0.3, 0.4) is 0 Å². The predicted molar refractivity (Wildman–Crippen MR) is 65.0 cm³/mol. The van der Waals surface area contributed by atoms with E-state index >= 15 is 0 Å². The van der Waals surface area contributed by atoms with Gasteiger partial charge in [-0.25, -0.2) is 0 Å². The predicted octanol–water partition coefficient (Wildman–Crippen LogP) is -1.47. The van der Waals surface area contributed by atoms with Gasteiger partial charge in [0.2, 0.25) is 0 Å². The first-order valence-electron chi connectivity index (χ1n) is 5.48. The number of aliphatic carboxylic acids is 4. The van der Waals surface area contributed by atoms with E-state index < -0.39 is 36.0 Å². The van der Waals surface area contributed by atoms with Crippen LogP contribution in [0.5, 0.6) is 0 Å². The Kier molecular flexibility index (Phi) is 10.8. The minimum absolute atomic E-state index is 0.0231. The zero-order valence-corrected chi connectivity index (χ0v) is 10.6. The van der Waals surface area contributed by atoms with E-state index in [2.05, 4.69) is 0 Å². The average molecular weight is 294 g/mol. The second-order valence-corrected chi connectivity index (χ2v) is 3.75. The third kappa shape index (κ3) is 13.9. The Labute approximate surface area is 114 Å². The van der Waals surface area contributed by atoms with Crippen molar-refractivity contribution in [3.05, 3.63) is 0 Å². The summed E-state index contributed by atoms with van der Waals surface area (Å²) in [5.41, 5.74) is 10.0. The van der Waals surface area contributed by atoms with Gasteiger partial charge in [-0.05, 0) is 12.8 Å². The van der Waals surface area contributed by atoms with Crippen LogP contribution in [0.2, 0.25) is 0 Å². The molecule has 0 aromatic carbocycles. The van der Waals surface area contributed by atoms with Gasteiger partial charge < -0.3 is 31.9 Å². The van der Waals surface area contributed by atoms with Crippen LogP contribution >= 0.6 is 0 Å². The van der Waals surface area contributed by atoms with Gasteiger partial charge in [0.25, 0.3) is 0 Å². The molecule has 0 aromatic rings. The number of carbonyl (C=O) groups is 4. The SMILES string of the molecule is N[C@@H](CCC(=O)O)C(=O)O.N[C@@H](CCC(=O)O)C(=O)O. The van der Waals surface area contributed by atoms with Crippen LogP contribution < -0.4 is 11.5 Å². The lowest BCUT2D eigenvalue weighted by Crippen LogP contribution is -2.30. The number of carboxylic acid groups (broad SMARTS) is 4. The smallest absolute Gasteiger partial charge is 0.320 e. The molecule has 0 rings (SSSR count). The molecule has 0 saturated carbocycles. The molecular weight excluding hydrogens is 276 g/mol. The molecule has 0 bridgehead atoms. The van der Waals surface area contributed by atoms with Crippen molar-refractivity contribution in [3.63, 3.8) is 0 Å². The Bertz CT molecular complexity index is 323. The molecule has 116 valence electrons. The zero-order valence-electron chi connectivity index (χ0n) is 10.6. The summed E-state index contributed by atoms with van der Waals surface area (Å²) in [5, 5.41) is 32.5. The van der Waals surface area contributed by atoms with Gasteiger partial charge in [-0.2, -0.15) is 0 Å². The van der Waals surface area contributed by atoms with E-state index in [1.807, 2.05) is 0 Å². The molecule has 10 nitrogen and oxygen atoms in total.